The summed E-state index contributed by atoms with van der Waals surface area (Å²) in [6.45, 7) is 9.95. The van der Waals surface area contributed by atoms with Crippen molar-refractivity contribution in [3.8, 4) is 11.5 Å². The summed E-state index contributed by atoms with van der Waals surface area (Å²) in [7, 11) is 0. The number of carboxylic acid groups (broad SMARTS) is 2. The van der Waals surface area contributed by atoms with E-state index in [1.54, 1.807) is 53.7 Å². The number of carbonyl (C=O) groups excluding carboxylic acids is 5. The maximum Gasteiger partial charge on any atom is 0.411 e. The molecule has 1 N–H and O–H groups in total. The van der Waals surface area contributed by atoms with Crippen molar-refractivity contribution in [1.82, 2.24) is 4.90 Å². The number of benzene rings is 2. The second kappa shape index (κ2) is 14.0. The van der Waals surface area contributed by atoms with Crippen molar-refractivity contribution in [3.05, 3.63) is 59.7 Å². The van der Waals surface area contributed by atoms with Crippen LogP contribution in [0.2, 0.25) is 0 Å². The van der Waals surface area contributed by atoms with Crippen LogP contribution in [0, 0.1) is 0 Å². The van der Waals surface area contributed by atoms with E-state index in [4.69, 9.17) is 14.2 Å². The molecule has 2 aromatic carbocycles. The van der Waals surface area contributed by atoms with Crippen LogP contribution >= 0.6 is 0 Å². The van der Waals surface area contributed by atoms with Crippen LogP contribution in [0.15, 0.2) is 48.5 Å². The molecule has 2 heterocycles. The van der Waals surface area contributed by atoms with E-state index >= 15 is 0 Å². The second-order valence-corrected chi connectivity index (χ2v) is 14.5. The Hall–Kier alpha value is -4.78. The molecule has 0 bridgehead atoms. The summed E-state index contributed by atoms with van der Waals surface area (Å²) in [6.07, 6.45) is -1.36. The van der Waals surface area contributed by atoms with Crippen LogP contribution in [0.4, 0.5) is 9.59 Å². The number of amides is 2. The number of ketones is 2. The molecule has 0 spiro atoms. The maximum absolute atomic E-state index is 13.5. The molecule has 264 valence electrons. The van der Waals surface area contributed by atoms with Gasteiger partial charge in [-0.2, -0.15) is 0 Å². The zero-order chi connectivity index (χ0) is 36.4. The van der Waals surface area contributed by atoms with Gasteiger partial charge in [0.1, 0.15) is 23.1 Å². The highest BCUT2D eigenvalue weighted by molar-refractivity contribution is 6.00. The van der Waals surface area contributed by atoms with Crippen molar-refractivity contribution < 1.29 is 57.7 Å². The van der Waals surface area contributed by atoms with Gasteiger partial charge in [-0.25, -0.2) is 14.4 Å². The number of carboxylic acids is 1. The molecule has 2 aliphatic rings. The molecule has 13 heteroatoms. The van der Waals surface area contributed by atoms with Crippen molar-refractivity contribution >= 4 is 35.7 Å². The third-order valence-electron chi connectivity index (χ3n) is 9.19. The number of hydrogen-bond donors (Lipinski definition) is 1. The Bertz CT molecular complexity index is 1620. The number of aliphatic carboxylic acids is 1. The molecule has 3 atom stereocenters. The van der Waals surface area contributed by atoms with Gasteiger partial charge >= 0.3 is 18.0 Å². The zero-order valence-corrected chi connectivity index (χ0v) is 28.8. The van der Waals surface area contributed by atoms with E-state index in [1.807, 2.05) is 0 Å². The normalized spacial score (nSPS) is 22.3. The summed E-state index contributed by atoms with van der Waals surface area (Å²) in [4.78, 5) is 78.1. The smallest absolute Gasteiger partial charge is 0.411 e. The van der Waals surface area contributed by atoms with Crippen LogP contribution < -0.4 is 9.84 Å². The zero-order valence-electron chi connectivity index (χ0n) is 28.8. The van der Waals surface area contributed by atoms with Gasteiger partial charge in [0.2, 0.25) is 5.54 Å². The first-order chi connectivity index (χ1) is 22.8. The highest BCUT2D eigenvalue weighted by atomic mass is 16.6. The number of likely N-dealkylation sites (tertiary alicyclic amines) is 2. The first kappa shape index (κ1) is 37.0. The third kappa shape index (κ3) is 7.61. The number of hydrogen-bond acceptors (Lipinski definition) is 10. The average molecular weight is 681 g/mol. The predicted octanol–water partition coefficient (Wildman–Crippen LogP) is 4.75. The number of ether oxygens (including phenoxy) is 3. The Morgan fingerprint density at radius 1 is 0.918 bits per heavy atom. The number of rotatable bonds is 10. The van der Waals surface area contributed by atoms with Gasteiger partial charge in [-0.05, 0) is 90.8 Å². The molecule has 0 aromatic heterocycles. The average Bonchev–Trinajstić information content (AvgIpc) is 3.66. The Kier molecular flexibility index (Phi) is 10.6. The first-order valence-electron chi connectivity index (χ1n) is 16.3. The van der Waals surface area contributed by atoms with Crippen molar-refractivity contribution in [2.24, 2.45) is 0 Å². The SMILES string of the molecule is CC(C)(C)OC(=O)N1CCC[C@H]1C(=O)OCC(=O)c1ccc(Oc2cccc(C(=O)CC3(C(=O)O)CCC[N@+]3(C(=O)[O-])C(C)(C)C)c2)cc1. The molecule has 1 unspecified atom stereocenters. The lowest BCUT2D eigenvalue weighted by atomic mass is 9.82. The standard InChI is InChI=1S/C36H44N2O11/c1-34(2,3)38(33(45)46)19-9-17-36(38,31(42)43)21-28(39)24-10-7-11-26(20-24)48-25-15-13-23(14-16-25)29(40)22-47-30(41)27-12-8-18-37(27)32(44)49-35(4,5)6/h7,10-11,13-16,20,27H,8-9,12,17-19,21-22H2,1-6H3,(H-,42,43,45,46)/t27-,36?,38-/m0/s1. The highest BCUT2D eigenvalue weighted by Crippen LogP contribution is 2.47. The van der Waals surface area contributed by atoms with Crippen LogP contribution in [0.5, 0.6) is 11.5 Å². The second-order valence-electron chi connectivity index (χ2n) is 14.5. The Morgan fingerprint density at radius 2 is 1.59 bits per heavy atom. The summed E-state index contributed by atoms with van der Waals surface area (Å²) < 4.78 is 15.7. The van der Waals surface area contributed by atoms with Crippen molar-refractivity contribution in [2.45, 2.75) is 96.4 Å². The van der Waals surface area contributed by atoms with Gasteiger partial charge in [0, 0.05) is 30.5 Å². The summed E-state index contributed by atoms with van der Waals surface area (Å²) in [5.74, 6) is -2.47. The topological polar surface area (TPSA) is 177 Å². The van der Waals surface area contributed by atoms with Gasteiger partial charge in [-0.3, -0.25) is 19.0 Å². The Labute approximate surface area is 285 Å². The van der Waals surface area contributed by atoms with E-state index in [2.05, 4.69) is 0 Å². The van der Waals surface area contributed by atoms with Gasteiger partial charge in [-0.15, -0.1) is 0 Å². The van der Waals surface area contributed by atoms with E-state index in [9.17, 15) is 39.0 Å². The van der Waals surface area contributed by atoms with Crippen LogP contribution in [-0.4, -0.2) is 92.6 Å². The Morgan fingerprint density at radius 3 is 2.18 bits per heavy atom. The largest absolute Gasteiger partial charge is 0.498 e. The lowest BCUT2D eigenvalue weighted by molar-refractivity contribution is -0.944. The fraction of sp³-hybridized carbons (Fsp3) is 0.500. The van der Waals surface area contributed by atoms with Crippen LogP contribution in [0.1, 0.15) is 94.4 Å². The molecule has 2 amide bonds. The quantitative estimate of drug-likeness (QED) is 0.208. The molecule has 0 saturated carbocycles. The molecule has 2 aliphatic heterocycles. The van der Waals surface area contributed by atoms with Crippen LogP contribution in [-0.2, 0) is 19.1 Å². The highest BCUT2D eigenvalue weighted by Gasteiger charge is 2.67. The molecule has 4 rings (SSSR count). The maximum atomic E-state index is 13.5. The summed E-state index contributed by atoms with van der Waals surface area (Å²) >= 11 is 0. The van der Waals surface area contributed by atoms with Crippen molar-refractivity contribution in [2.75, 3.05) is 19.7 Å². The molecule has 2 saturated heterocycles. The van der Waals surface area contributed by atoms with E-state index in [0.717, 1.165) is 0 Å². The fourth-order valence-electron chi connectivity index (χ4n) is 6.91. The van der Waals surface area contributed by atoms with Gasteiger partial charge in [0.05, 0.1) is 18.5 Å². The summed E-state index contributed by atoms with van der Waals surface area (Å²) in [5.41, 5.74) is -3.27. The van der Waals surface area contributed by atoms with E-state index in [1.165, 1.54) is 41.3 Å². The van der Waals surface area contributed by atoms with E-state index in [-0.39, 0.29) is 29.8 Å². The molecule has 2 fully saturated rings. The van der Waals surface area contributed by atoms with Crippen LogP contribution in [0.25, 0.3) is 0 Å². The lowest BCUT2D eigenvalue weighted by Gasteiger charge is -2.53. The fourth-order valence-corrected chi connectivity index (χ4v) is 6.91. The van der Waals surface area contributed by atoms with E-state index in [0.29, 0.717) is 31.6 Å². The monoisotopic (exact) mass is 680 g/mol. The summed E-state index contributed by atoms with van der Waals surface area (Å²) in [5, 5.41) is 22.9. The number of carbonyl (C=O) groups is 6. The van der Waals surface area contributed by atoms with Gasteiger partial charge in [0.15, 0.2) is 18.2 Å². The predicted molar refractivity (Wildman–Crippen MR) is 173 cm³/mol. The number of esters is 1. The van der Waals surface area contributed by atoms with Crippen molar-refractivity contribution in [1.29, 1.82) is 0 Å². The van der Waals surface area contributed by atoms with Crippen LogP contribution in [0.3, 0.4) is 0 Å². The van der Waals surface area contributed by atoms with E-state index < -0.39 is 75.9 Å². The molecular weight excluding hydrogens is 636 g/mol. The molecule has 0 radical (unpaired) electrons. The summed E-state index contributed by atoms with van der Waals surface area (Å²) in [6, 6.07) is 11.3. The molecule has 49 heavy (non-hydrogen) atoms. The minimum atomic E-state index is -1.91. The van der Waals surface area contributed by atoms with Crippen molar-refractivity contribution in [3.63, 3.8) is 0 Å². The number of nitrogens with zero attached hydrogens (tertiary/aromatic N) is 2. The lowest BCUT2D eigenvalue weighted by Crippen LogP contribution is -2.77. The number of Topliss-reactive ketones (excluding diaryl/α,β-unsaturated/α-hetero) is 2. The molecule has 13 nitrogen and oxygen atoms in total. The number of quaternary nitrogens is 1. The first-order valence-corrected chi connectivity index (χ1v) is 16.3. The minimum absolute atomic E-state index is 0.00485. The molecule has 0 aliphatic carbocycles. The minimum Gasteiger partial charge on any atom is -0.498 e. The molecule has 2 aromatic rings. The van der Waals surface area contributed by atoms with Gasteiger partial charge in [0.25, 0.3) is 6.09 Å². The third-order valence-corrected chi connectivity index (χ3v) is 9.19. The van der Waals surface area contributed by atoms with Gasteiger partial charge < -0.3 is 29.2 Å². The molecular formula is C36H44N2O11. The Balaban J connectivity index is 1.39. The van der Waals surface area contributed by atoms with Gasteiger partial charge in [-0.1, -0.05) is 12.1 Å².